The van der Waals surface area contributed by atoms with Gasteiger partial charge < -0.3 is 4.52 Å². The van der Waals surface area contributed by atoms with Crippen molar-refractivity contribution in [1.82, 2.24) is 19.7 Å². The van der Waals surface area contributed by atoms with Gasteiger partial charge in [0.1, 0.15) is 11.4 Å². The van der Waals surface area contributed by atoms with Gasteiger partial charge in [0, 0.05) is 15.5 Å². The lowest BCUT2D eigenvalue weighted by Gasteiger charge is -2.01. The molecular weight excluding hydrogens is 360 g/mol. The van der Waals surface area contributed by atoms with E-state index in [0.717, 1.165) is 20.8 Å². The number of hydrogen-bond donors (Lipinski definition) is 0. The molecule has 25 heavy (non-hydrogen) atoms. The summed E-state index contributed by atoms with van der Waals surface area (Å²) in [5.74, 6) is 0.768. The smallest absolute Gasteiger partial charge is 0.262 e. The van der Waals surface area contributed by atoms with Crippen molar-refractivity contribution >= 4 is 33.2 Å². The molecule has 0 N–H and O–H groups in total. The fourth-order valence-electron chi connectivity index (χ4n) is 2.59. The van der Waals surface area contributed by atoms with Crippen LogP contribution in [0.4, 0.5) is 0 Å². The number of hydrogen-bond acceptors (Lipinski definition) is 6. The number of halogens is 1. The van der Waals surface area contributed by atoms with Gasteiger partial charge >= 0.3 is 0 Å². The van der Waals surface area contributed by atoms with Gasteiger partial charge in [-0.15, -0.1) is 11.3 Å². The van der Waals surface area contributed by atoms with E-state index in [2.05, 4.69) is 15.1 Å². The molecule has 6 nitrogen and oxygen atoms in total. The Morgan fingerprint density at radius 3 is 2.96 bits per heavy atom. The number of nitrogens with zero attached hydrogens (tertiary/aromatic N) is 4. The summed E-state index contributed by atoms with van der Waals surface area (Å²) < 4.78 is 6.76. The third-order valence-electron chi connectivity index (χ3n) is 4.01. The Kier molecular flexibility index (Phi) is 3.89. The highest BCUT2D eigenvalue weighted by atomic mass is 35.5. The zero-order chi connectivity index (χ0) is 17.6. The van der Waals surface area contributed by atoms with E-state index in [1.54, 1.807) is 12.1 Å². The van der Waals surface area contributed by atoms with Gasteiger partial charge in [0.25, 0.3) is 5.56 Å². The maximum absolute atomic E-state index is 12.7. The molecule has 8 heteroatoms. The Morgan fingerprint density at radius 2 is 2.16 bits per heavy atom. The summed E-state index contributed by atoms with van der Waals surface area (Å²) in [6.45, 7) is 4.09. The Hall–Kier alpha value is -2.51. The van der Waals surface area contributed by atoms with Crippen molar-refractivity contribution < 1.29 is 4.52 Å². The largest absolute Gasteiger partial charge is 0.337 e. The molecule has 0 fully saturated rings. The van der Waals surface area contributed by atoms with Crippen molar-refractivity contribution in [1.29, 1.82) is 0 Å². The fraction of sp³-hybridized carbons (Fsp3) is 0.176. The number of rotatable bonds is 3. The van der Waals surface area contributed by atoms with Crippen molar-refractivity contribution in [3.63, 3.8) is 0 Å². The van der Waals surface area contributed by atoms with Crippen molar-refractivity contribution in [2.75, 3.05) is 0 Å². The van der Waals surface area contributed by atoms with Gasteiger partial charge in [0.2, 0.25) is 11.7 Å². The minimum atomic E-state index is -0.102. The van der Waals surface area contributed by atoms with Crippen LogP contribution in [0.25, 0.3) is 21.6 Å². The van der Waals surface area contributed by atoms with E-state index < -0.39 is 0 Å². The molecule has 0 aliphatic rings. The first-order valence-electron chi connectivity index (χ1n) is 7.56. The van der Waals surface area contributed by atoms with E-state index in [1.807, 2.05) is 26.0 Å². The zero-order valence-electron chi connectivity index (χ0n) is 13.5. The summed E-state index contributed by atoms with van der Waals surface area (Å²) >= 11 is 7.51. The number of benzene rings is 1. The van der Waals surface area contributed by atoms with Crippen LogP contribution in [0.1, 0.15) is 16.3 Å². The third-order valence-corrected chi connectivity index (χ3v) is 5.36. The maximum atomic E-state index is 12.7. The molecule has 0 bridgehead atoms. The van der Waals surface area contributed by atoms with Crippen LogP contribution in [0.5, 0.6) is 0 Å². The normalized spacial score (nSPS) is 11.3. The predicted octanol–water partition coefficient (Wildman–Crippen LogP) is 3.83. The third kappa shape index (κ3) is 2.85. The summed E-state index contributed by atoms with van der Waals surface area (Å²) in [4.78, 5) is 23.3. The lowest BCUT2D eigenvalue weighted by Crippen LogP contribution is -2.21. The highest BCUT2D eigenvalue weighted by molar-refractivity contribution is 7.18. The first-order valence-corrected chi connectivity index (χ1v) is 8.76. The molecule has 3 heterocycles. The molecule has 0 spiro atoms. The number of fused-ring (bicyclic) bond motifs is 1. The molecule has 0 aliphatic carbocycles. The quantitative estimate of drug-likeness (QED) is 0.546. The minimum Gasteiger partial charge on any atom is -0.337 e. The Morgan fingerprint density at radius 1 is 1.32 bits per heavy atom. The second-order valence-corrected chi connectivity index (χ2v) is 7.30. The molecule has 3 aromatic heterocycles. The molecule has 0 unspecified atom stereocenters. The molecule has 4 aromatic rings. The van der Waals surface area contributed by atoms with Crippen LogP contribution in [0.3, 0.4) is 0 Å². The van der Waals surface area contributed by atoms with Gasteiger partial charge in [-0.2, -0.15) is 4.98 Å². The summed E-state index contributed by atoms with van der Waals surface area (Å²) in [6.07, 6.45) is 1.52. The first kappa shape index (κ1) is 16.0. The van der Waals surface area contributed by atoms with Gasteiger partial charge in [0.15, 0.2) is 0 Å². The molecule has 0 atom stereocenters. The van der Waals surface area contributed by atoms with Crippen LogP contribution in [0.2, 0.25) is 5.02 Å². The fourth-order valence-corrected chi connectivity index (χ4v) is 3.77. The Labute approximate surface area is 151 Å². The molecule has 4 rings (SSSR count). The molecule has 0 saturated carbocycles. The van der Waals surface area contributed by atoms with Gasteiger partial charge in [0.05, 0.1) is 11.7 Å². The summed E-state index contributed by atoms with van der Waals surface area (Å²) in [5.41, 5.74) is 1.62. The van der Waals surface area contributed by atoms with Gasteiger partial charge in [-0.3, -0.25) is 9.36 Å². The second-order valence-electron chi connectivity index (χ2n) is 5.66. The van der Waals surface area contributed by atoms with E-state index in [1.165, 1.54) is 22.2 Å². The van der Waals surface area contributed by atoms with E-state index >= 15 is 0 Å². The van der Waals surface area contributed by atoms with Crippen LogP contribution in [0, 0.1) is 13.8 Å². The maximum Gasteiger partial charge on any atom is 0.262 e. The Bertz CT molecular complexity index is 1150. The van der Waals surface area contributed by atoms with Crippen molar-refractivity contribution in [3.05, 3.63) is 62.3 Å². The monoisotopic (exact) mass is 372 g/mol. The molecule has 0 saturated heterocycles. The van der Waals surface area contributed by atoms with E-state index in [-0.39, 0.29) is 12.1 Å². The average molecular weight is 373 g/mol. The van der Waals surface area contributed by atoms with Crippen molar-refractivity contribution in [2.45, 2.75) is 20.4 Å². The lowest BCUT2D eigenvalue weighted by atomic mass is 10.2. The lowest BCUT2D eigenvalue weighted by molar-refractivity contribution is 0.369. The Balaban J connectivity index is 1.69. The van der Waals surface area contributed by atoms with Crippen LogP contribution < -0.4 is 5.56 Å². The second kappa shape index (κ2) is 6.09. The zero-order valence-corrected chi connectivity index (χ0v) is 15.1. The number of aromatic nitrogens is 4. The van der Waals surface area contributed by atoms with E-state index in [9.17, 15) is 4.79 Å². The van der Waals surface area contributed by atoms with Gasteiger partial charge in [-0.05, 0) is 31.5 Å². The van der Waals surface area contributed by atoms with Crippen molar-refractivity contribution in [2.24, 2.45) is 0 Å². The van der Waals surface area contributed by atoms with Crippen LogP contribution in [-0.4, -0.2) is 19.7 Å². The predicted molar refractivity (Wildman–Crippen MR) is 97.2 cm³/mol. The molecular formula is C17H13ClN4O2S. The molecule has 0 aliphatic heterocycles. The molecule has 0 amide bonds. The summed E-state index contributed by atoms with van der Waals surface area (Å²) in [5, 5.41) is 5.21. The number of thiophene rings is 1. The van der Waals surface area contributed by atoms with Crippen LogP contribution >= 0.6 is 22.9 Å². The SMILES string of the molecule is Cc1sc2ncn(Cc3nc(-c4cccc(Cl)c4)no3)c(=O)c2c1C. The molecule has 0 radical (unpaired) electrons. The highest BCUT2D eigenvalue weighted by Gasteiger charge is 2.15. The minimum absolute atomic E-state index is 0.102. The van der Waals surface area contributed by atoms with Crippen LogP contribution in [0.15, 0.2) is 39.9 Å². The van der Waals surface area contributed by atoms with E-state index in [4.69, 9.17) is 16.1 Å². The van der Waals surface area contributed by atoms with Crippen molar-refractivity contribution in [3.8, 4) is 11.4 Å². The summed E-state index contributed by atoms with van der Waals surface area (Å²) in [7, 11) is 0. The average Bonchev–Trinajstić information content (AvgIpc) is 3.16. The molecule has 126 valence electrons. The topological polar surface area (TPSA) is 73.8 Å². The van der Waals surface area contributed by atoms with E-state index in [0.29, 0.717) is 22.1 Å². The van der Waals surface area contributed by atoms with Gasteiger partial charge in [-0.25, -0.2) is 4.98 Å². The number of aryl methyl sites for hydroxylation is 2. The van der Waals surface area contributed by atoms with Gasteiger partial charge in [-0.1, -0.05) is 28.9 Å². The standard InChI is InChI=1S/C17H13ClN4O2S/c1-9-10(2)25-16-14(9)17(23)22(8-19-16)7-13-20-15(21-24-13)11-4-3-5-12(18)6-11/h3-6,8H,7H2,1-2H3. The highest BCUT2D eigenvalue weighted by Crippen LogP contribution is 2.25. The van der Waals surface area contributed by atoms with Crippen LogP contribution in [-0.2, 0) is 6.54 Å². The first-order chi connectivity index (χ1) is 12.0. The summed E-state index contributed by atoms with van der Waals surface area (Å²) in [6, 6.07) is 7.20. The molecule has 1 aromatic carbocycles.